The van der Waals surface area contributed by atoms with Crippen LogP contribution in [0.15, 0.2) is 23.1 Å². The molecule has 4 nitrogen and oxygen atoms in total. The fourth-order valence-corrected chi connectivity index (χ4v) is 2.55. The van der Waals surface area contributed by atoms with Gasteiger partial charge in [-0.05, 0) is 30.9 Å². The van der Waals surface area contributed by atoms with E-state index < -0.39 is 17.5 Å². The van der Waals surface area contributed by atoms with Crippen LogP contribution in [0.4, 0.5) is 8.78 Å². The third-order valence-electron chi connectivity index (χ3n) is 3.45. The maximum absolute atomic E-state index is 13.3. The number of carbonyl (C=O) groups is 1. The van der Waals surface area contributed by atoms with Crippen LogP contribution in [-0.4, -0.2) is 21.6 Å². The molecule has 19 heavy (non-hydrogen) atoms. The van der Waals surface area contributed by atoms with Gasteiger partial charge in [-0.3, -0.25) is 4.79 Å². The Morgan fingerprint density at radius 1 is 1.53 bits per heavy atom. The van der Waals surface area contributed by atoms with Crippen molar-refractivity contribution in [2.45, 2.75) is 38.2 Å². The fraction of sp³-hybridized carbons (Fsp3) is 0.538. The highest BCUT2D eigenvalue weighted by molar-refractivity contribution is 5.86. The second-order valence-corrected chi connectivity index (χ2v) is 5.00. The summed E-state index contributed by atoms with van der Waals surface area (Å²) in [6, 6.07) is 2.67. The third-order valence-corrected chi connectivity index (χ3v) is 3.45. The molecule has 1 aliphatic rings. The molecule has 104 valence electrons. The van der Waals surface area contributed by atoms with Crippen LogP contribution in [-0.2, 0) is 6.54 Å². The van der Waals surface area contributed by atoms with Crippen LogP contribution in [0.2, 0.25) is 0 Å². The van der Waals surface area contributed by atoms with Gasteiger partial charge < -0.3 is 9.67 Å². The van der Waals surface area contributed by atoms with Gasteiger partial charge in [0.2, 0.25) is 5.92 Å². The molecule has 0 aromatic carbocycles. The van der Waals surface area contributed by atoms with Crippen molar-refractivity contribution in [2.75, 3.05) is 0 Å². The molecule has 1 unspecified atom stereocenters. The lowest BCUT2D eigenvalue weighted by atomic mass is 9.86. The smallest absolute Gasteiger partial charge is 0.341 e. The first-order valence-electron chi connectivity index (χ1n) is 6.20. The van der Waals surface area contributed by atoms with Crippen molar-refractivity contribution in [2.24, 2.45) is 5.92 Å². The van der Waals surface area contributed by atoms with Gasteiger partial charge in [-0.15, -0.1) is 0 Å². The van der Waals surface area contributed by atoms with E-state index in [1.54, 1.807) is 0 Å². The van der Waals surface area contributed by atoms with Crippen molar-refractivity contribution < 1.29 is 18.7 Å². The molecule has 6 heteroatoms. The number of carboxylic acids is 1. The molecule has 0 amide bonds. The van der Waals surface area contributed by atoms with Crippen molar-refractivity contribution >= 4 is 5.97 Å². The SMILES string of the molecule is O=C(O)c1cccn(CC2CCCC(F)(F)C2)c1=O. The summed E-state index contributed by atoms with van der Waals surface area (Å²) in [6.45, 7) is 0.148. The van der Waals surface area contributed by atoms with E-state index in [1.165, 1.54) is 22.9 Å². The van der Waals surface area contributed by atoms with E-state index in [1.807, 2.05) is 0 Å². The number of halogens is 2. The predicted molar refractivity (Wildman–Crippen MR) is 64.6 cm³/mol. The molecule has 2 rings (SSSR count). The Morgan fingerprint density at radius 2 is 2.26 bits per heavy atom. The van der Waals surface area contributed by atoms with Gasteiger partial charge >= 0.3 is 5.97 Å². The Morgan fingerprint density at radius 3 is 2.89 bits per heavy atom. The van der Waals surface area contributed by atoms with Crippen molar-refractivity contribution in [1.82, 2.24) is 4.57 Å². The minimum Gasteiger partial charge on any atom is -0.477 e. The van der Waals surface area contributed by atoms with Crippen LogP contribution in [0.3, 0.4) is 0 Å². The molecular formula is C13H15F2NO3. The lowest BCUT2D eigenvalue weighted by Crippen LogP contribution is -2.33. The first-order valence-corrected chi connectivity index (χ1v) is 6.20. The highest BCUT2D eigenvalue weighted by atomic mass is 19.3. The minimum atomic E-state index is -2.67. The Balaban J connectivity index is 2.18. The molecule has 1 N–H and O–H groups in total. The molecule has 0 aliphatic heterocycles. The van der Waals surface area contributed by atoms with E-state index in [-0.39, 0.29) is 30.9 Å². The quantitative estimate of drug-likeness (QED) is 0.918. The highest BCUT2D eigenvalue weighted by Gasteiger charge is 2.36. The van der Waals surface area contributed by atoms with Gasteiger partial charge in [0.25, 0.3) is 5.56 Å². The molecule has 0 radical (unpaired) electrons. The molecule has 0 saturated heterocycles. The number of alkyl halides is 2. The lowest BCUT2D eigenvalue weighted by Gasteiger charge is -2.29. The topological polar surface area (TPSA) is 59.3 Å². The van der Waals surface area contributed by atoms with Crippen molar-refractivity contribution in [3.8, 4) is 0 Å². The highest BCUT2D eigenvalue weighted by Crippen LogP contribution is 2.37. The second kappa shape index (κ2) is 5.11. The van der Waals surface area contributed by atoms with Gasteiger partial charge in [0.15, 0.2) is 0 Å². The fourth-order valence-electron chi connectivity index (χ4n) is 2.55. The van der Waals surface area contributed by atoms with Crippen molar-refractivity contribution in [3.05, 3.63) is 34.2 Å². The van der Waals surface area contributed by atoms with Gasteiger partial charge in [0.1, 0.15) is 5.56 Å². The predicted octanol–water partition coefficient (Wildman–Crippen LogP) is 2.37. The molecule has 1 atom stereocenters. The Bertz CT molecular complexity index is 539. The summed E-state index contributed by atoms with van der Waals surface area (Å²) in [4.78, 5) is 22.7. The largest absolute Gasteiger partial charge is 0.477 e. The summed E-state index contributed by atoms with van der Waals surface area (Å²) in [7, 11) is 0. The first kappa shape index (κ1) is 13.7. The van der Waals surface area contributed by atoms with Crippen LogP contribution in [0.5, 0.6) is 0 Å². The van der Waals surface area contributed by atoms with Gasteiger partial charge in [0.05, 0.1) is 0 Å². The van der Waals surface area contributed by atoms with Crippen LogP contribution in [0.1, 0.15) is 36.0 Å². The first-order chi connectivity index (χ1) is 8.89. The van der Waals surface area contributed by atoms with Crippen molar-refractivity contribution in [3.63, 3.8) is 0 Å². The zero-order chi connectivity index (χ0) is 14.0. The van der Waals surface area contributed by atoms with E-state index in [0.717, 1.165) is 0 Å². The number of rotatable bonds is 3. The number of carboxylic acid groups (broad SMARTS) is 1. The van der Waals surface area contributed by atoms with Crippen LogP contribution in [0.25, 0.3) is 0 Å². The number of aromatic carboxylic acids is 1. The number of hydrogen-bond acceptors (Lipinski definition) is 2. The van der Waals surface area contributed by atoms with E-state index in [9.17, 15) is 18.4 Å². The molecular weight excluding hydrogens is 256 g/mol. The third kappa shape index (κ3) is 3.19. The minimum absolute atomic E-state index is 0.104. The summed E-state index contributed by atoms with van der Waals surface area (Å²) in [5, 5.41) is 8.85. The van der Waals surface area contributed by atoms with E-state index in [0.29, 0.717) is 12.8 Å². The lowest BCUT2D eigenvalue weighted by molar-refractivity contribution is -0.0548. The summed E-state index contributed by atoms with van der Waals surface area (Å²) in [5.41, 5.74) is -0.964. The maximum atomic E-state index is 13.3. The number of pyridine rings is 1. The summed E-state index contributed by atoms with van der Waals surface area (Å²) < 4.78 is 27.8. The zero-order valence-electron chi connectivity index (χ0n) is 10.3. The molecule has 1 aromatic heterocycles. The molecule has 1 fully saturated rings. The standard InChI is InChI=1S/C13H15F2NO3/c14-13(15)5-1-3-9(7-13)8-16-6-2-4-10(11(16)17)12(18)19/h2,4,6,9H,1,3,5,7-8H2,(H,18,19). The van der Waals surface area contributed by atoms with Crippen LogP contribution < -0.4 is 5.56 Å². The van der Waals surface area contributed by atoms with Crippen LogP contribution >= 0.6 is 0 Å². The van der Waals surface area contributed by atoms with E-state index in [2.05, 4.69) is 0 Å². The average molecular weight is 271 g/mol. The van der Waals surface area contributed by atoms with E-state index in [4.69, 9.17) is 5.11 Å². The number of hydrogen-bond donors (Lipinski definition) is 1. The Labute approximate surface area is 108 Å². The molecule has 1 aliphatic carbocycles. The number of nitrogens with zero attached hydrogens (tertiary/aromatic N) is 1. The van der Waals surface area contributed by atoms with Gasteiger partial charge in [0, 0.05) is 25.6 Å². The number of aromatic nitrogens is 1. The monoisotopic (exact) mass is 271 g/mol. The van der Waals surface area contributed by atoms with Crippen molar-refractivity contribution in [1.29, 1.82) is 0 Å². The average Bonchev–Trinajstić information content (AvgIpc) is 2.30. The molecule has 1 aromatic rings. The van der Waals surface area contributed by atoms with Gasteiger partial charge in [-0.1, -0.05) is 0 Å². The van der Waals surface area contributed by atoms with Crippen LogP contribution in [0, 0.1) is 5.92 Å². The summed E-state index contributed by atoms with van der Waals surface area (Å²) in [6.07, 6.45) is 2.18. The van der Waals surface area contributed by atoms with Gasteiger partial charge in [-0.2, -0.15) is 0 Å². The zero-order valence-corrected chi connectivity index (χ0v) is 10.3. The van der Waals surface area contributed by atoms with Gasteiger partial charge in [-0.25, -0.2) is 13.6 Å². The van der Waals surface area contributed by atoms with E-state index >= 15 is 0 Å². The summed E-state index contributed by atoms with van der Waals surface area (Å²) >= 11 is 0. The summed E-state index contributed by atoms with van der Waals surface area (Å²) in [5.74, 6) is -4.25. The molecule has 0 bridgehead atoms. The molecule has 1 saturated carbocycles. The second-order valence-electron chi connectivity index (χ2n) is 5.00. The Hall–Kier alpha value is -1.72. The maximum Gasteiger partial charge on any atom is 0.341 e. The Kier molecular flexibility index (Phi) is 3.68. The normalized spacial score (nSPS) is 22.1. The molecule has 1 heterocycles. The molecule has 0 spiro atoms.